The number of nitriles is 2. The number of nitrogens with zero attached hydrogens (tertiary/aromatic N) is 4. The van der Waals surface area contributed by atoms with E-state index in [-0.39, 0.29) is 67.8 Å². The van der Waals surface area contributed by atoms with Gasteiger partial charge in [-0.3, -0.25) is 0 Å². The molecule has 0 aromatic heterocycles. The van der Waals surface area contributed by atoms with Gasteiger partial charge in [0.1, 0.15) is 23.2 Å². The van der Waals surface area contributed by atoms with Crippen LogP contribution < -0.4 is 20.1 Å². The molecule has 5 atom stereocenters. The summed E-state index contributed by atoms with van der Waals surface area (Å²) in [5.41, 5.74) is -0.145. The number of benzene rings is 4. The van der Waals surface area contributed by atoms with Gasteiger partial charge in [0, 0.05) is 45.4 Å². The number of sulfonamides is 2. The van der Waals surface area contributed by atoms with Crippen molar-refractivity contribution in [3.05, 3.63) is 120 Å². The zero-order valence-electron chi connectivity index (χ0n) is 47.0. The van der Waals surface area contributed by atoms with E-state index in [1.807, 2.05) is 88.4 Å². The summed E-state index contributed by atoms with van der Waals surface area (Å²) < 4.78 is 84.2. The lowest BCUT2D eigenvalue weighted by atomic mass is 9.88. The Kier molecular flexibility index (Phi) is 25.0. The second-order valence-electron chi connectivity index (χ2n) is 22.0. The van der Waals surface area contributed by atoms with Crippen LogP contribution in [0.25, 0.3) is 0 Å². The molecule has 432 valence electrons. The maximum absolute atomic E-state index is 13.8. The lowest BCUT2D eigenvalue weighted by molar-refractivity contribution is 0.0392. The van der Waals surface area contributed by atoms with Crippen molar-refractivity contribution in [2.24, 2.45) is 10.8 Å². The number of rotatable bonds is 27. The van der Waals surface area contributed by atoms with Crippen molar-refractivity contribution >= 4 is 32.2 Å². The van der Waals surface area contributed by atoms with E-state index in [4.69, 9.17) is 34.2 Å². The molecule has 79 heavy (non-hydrogen) atoms. The largest absolute Gasteiger partial charge is 0.497 e. The highest BCUT2D eigenvalue weighted by Gasteiger charge is 2.37. The Morgan fingerprint density at radius 2 is 1.04 bits per heavy atom. The van der Waals surface area contributed by atoms with Gasteiger partial charge < -0.3 is 44.5 Å². The van der Waals surface area contributed by atoms with Gasteiger partial charge in [0.25, 0.3) is 0 Å². The molecular formula is C58H80N6O13S2. The monoisotopic (exact) mass is 1130 g/mol. The molecule has 4 aromatic carbocycles. The first-order valence-electron chi connectivity index (χ1n) is 26.2. The fourth-order valence-electron chi connectivity index (χ4n) is 8.57. The van der Waals surface area contributed by atoms with E-state index in [1.165, 1.54) is 47.1 Å². The third-order valence-electron chi connectivity index (χ3n) is 12.9. The van der Waals surface area contributed by atoms with Gasteiger partial charge in [-0.2, -0.15) is 19.1 Å². The highest BCUT2D eigenvalue weighted by atomic mass is 32.2. The Labute approximate surface area is 467 Å². The molecule has 4 N–H and O–H groups in total. The van der Waals surface area contributed by atoms with Gasteiger partial charge in [0.15, 0.2) is 0 Å². The highest BCUT2D eigenvalue weighted by Crippen LogP contribution is 2.31. The zero-order chi connectivity index (χ0) is 58.4. The van der Waals surface area contributed by atoms with Crippen LogP contribution in [0.15, 0.2) is 119 Å². The number of amides is 2. The van der Waals surface area contributed by atoms with Gasteiger partial charge >= 0.3 is 12.2 Å². The molecule has 1 fully saturated rings. The van der Waals surface area contributed by atoms with Crippen LogP contribution in [-0.2, 0) is 47.1 Å². The summed E-state index contributed by atoms with van der Waals surface area (Å²) in [4.78, 5) is 25.5. The van der Waals surface area contributed by atoms with Gasteiger partial charge in [-0.1, -0.05) is 88.4 Å². The third kappa shape index (κ3) is 22.0. The average Bonchev–Trinajstić information content (AvgIpc) is 3.93. The maximum atomic E-state index is 13.8. The number of carbonyl (C=O) groups excluding carboxylic acids is 2. The second kappa shape index (κ2) is 30.3. The quantitative estimate of drug-likeness (QED) is 0.0440. The summed E-state index contributed by atoms with van der Waals surface area (Å²) >= 11 is 0. The molecule has 0 aliphatic carbocycles. The summed E-state index contributed by atoms with van der Waals surface area (Å²) in [5.74, 6) is 1.03. The van der Waals surface area contributed by atoms with Crippen molar-refractivity contribution in [1.82, 2.24) is 19.2 Å². The van der Waals surface area contributed by atoms with Crippen molar-refractivity contribution in [2.75, 3.05) is 53.6 Å². The Hall–Kier alpha value is -6.30. The lowest BCUT2D eigenvalue weighted by Crippen LogP contribution is -2.52. The zero-order valence-corrected chi connectivity index (χ0v) is 48.6. The van der Waals surface area contributed by atoms with Crippen molar-refractivity contribution in [3.8, 4) is 23.6 Å². The number of hydrogen-bond acceptors (Lipinski definition) is 15. The van der Waals surface area contributed by atoms with Crippen LogP contribution in [0.3, 0.4) is 0 Å². The molecule has 0 saturated carbocycles. The van der Waals surface area contributed by atoms with E-state index in [9.17, 15) is 36.6 Å². The Balaban J connectivity index is 0.000000341. The summed E-state index contributed by atoms with van der Waals surface area (Å²) in [6.45, 7) is 13.1. The molecule has 0 bridgehead atoms. The second-order valence-corrected chi connectivity index (χ2v) is 25.9. The first-order valence-corrected chi connectivity index (χ1v) is 29.1. The van der Waals surface area contributed by atoms with Gasteiger partial charge in [-0.25, -0.2) is 26.4 Å². The molecule has 0 spiro atoms. The first kappa shape index (κ1) is 65.2. The molecule has 1 aliphatic rings. The lowest BCUT2D eigenvalue weighted by Gasteiger charge is -2.35. The van der Waals surface area contributed by atoms with E-state index in [2.05, 4.69) is 22.8 Å². The number of nitrogens with one attached hydrogen (secondary N) is 2. The number of aliphatic hydroxyl groups is 2. The third-order valence-corrected chi connectivity index (χ3v) is 16.6. The average molecular weight is 1130 g/mol. The minimum Gasteiger partial charge on any atom is -0.497 e. The van der Waals surface area contributed by atoms with Crippen molar-refractivity contribution in [2.45, 2.75) is 139 Å². The highest BCUT2D eigenvalue weighted by molar-refractivity contribution is 7.89. The van der Waals surface area contributed by atoms with E-state index >= 15 is 0 Å². The van der Waals surface area contributed by atoms with E-state index < -0.39 is 73.0 Å². The molecular weight excluding hydrogens is 1050 g/mol. The molecule has 21 heteroatoms. The molecule has 19 nitrogen and oxygen atoms in total. The standard InChI is InChI=1S/C29H39N3O7S.C29H41N3O6S/c1-29(2,15-7-16-30)21-32(40(35,36)25-12-10-23(37-3)11-13-25)19-27(33)26(18-22-8-5-4-6-9-22)31-28(34)39-24-14-17-38-20-24;1-28(2,3)38-27(34)31-25(19-22-11-8-7-9-12-22)26(33)20-32(21-29(4,5)17-10-18-30)39(35,36)24-15-13-23(37-6)14-16-24/h4-6,8-13,24,26-27,33H,7,14-15,17-21H2,1-3H3,(H,31,34);7-9,11-16,25-26,33H,10,17,19-21H2,1-6H3,(H,31,34)/t24-,26-,27+;25-,26+/m00/s1. The van der Waals surface area contributed by atoms with Crippen LogP contribution in [0.4, 0.5) is 9.59 Å². The SMILES string of the molecule is COc1ccc(S(=O)(=O)N(C[C@@H](O)[C@H](Cc2ccccc2)NC(=O)OC(C)(C)C)CC(C)(C)CCC#N)cc1.COc1ccc(S(=O)(=O)N(C[C@@H](O)[C@H](Cc2ccccc2)NC(=O)O[C@H]2CCOC2)CC(C)(C)CCC#N)cc1. The van der Waals surface area contributed by atoms with Crippen molar-refractivity contribution in [3.63, 3.8) is 0 Å². The van der Waals surface area contributed by atoms with Crippen LogP contribution in [0.1, 0.15) is 91.7 Å². The van der Waals surface area contributed by atoms with Crippen LogP contribution in [0, 0.1) is 33.5 Å². The Bertz CT molecular complexity index is 2810. The molecule has 1 heterocycles. The predicted octanol–water partition coefficient (Wildman–Crippen LogP) is 8.02. The van der Waals surface area contributed by atoms with Crippen LogP contribution in [0.2, 0.25) is 0 Å². The minimum absolute atomic E-state index is 0.0461. The van der Waals surface area contributed by atoms with Crippen molar-refractivity contribution in [1.29, 1.82) is 10.5 Å². The normalized spacial score (nSPS) is 15.5. The first-order chi connectivity index (χ1) is 37.2. The molecule has 4 aromatic rings. The summed E-state index contributed by atoms with van der Waals surface area (Å²) in [6.07, 6.45) is -1.74. The topological polar surface area (TPSA) is 267 Å². The minimum atomic E-state index is -4.06. The summed E-state index contributed by atoms with van der Waals surface area (Å²) in [7, 11) is -5.12. The summed E-state index contributed by atoms with van der Waals surface area (Å²) in [5, 5.41) is 46.5. The van der Waals surface area contributed by atoms with Crippen LogP contribution >= 0.6 is 0 Å². The molecule has 2 amide bonds. The number of alkyl carbamates (subject to hydrolysis) is 2. The summed E-state index contributed by atoms with van der Waals surface area (Å²) in [6, 6.07) is 33.2. The van der Waals surface area contributed by atoms with Gasteiger partial charge in [0.05, 0.1) is 73.7 Å². The molecule has 0 unspecified atom stereocenters. The Morgan fingerprint density at radius 3 is 1.38 bits per heavy atom. The van der Waals surface area contributed by atoms with Crippen molar-refractivity contribution < 1.29 is 60.3 Å². The van der Waals surface area contributed by atoms with Crippen LogP contribution in [-0.4, -0.2) is 137 Å². The van der Waals surface area contributed by atoms with Gasteiger partial charge in [0.2, 0.25) is 20.0 Å². The van der Waals surface area contributed by atoms with Gasteiger partial charge in [-0.15, -0.1) is 0 Å². The number of hydrogen-bond donors (Lipinski definition) is 4. The fourth-order valence-corrected chi connectivity index (χ4v) is 11.9. The molecule has 5 rings (SSSR count). The Morgan fingerprint density at radius 1 is 0.646 bits per heavy atom. The molecule has 0 radical (unpaired) electrons. The number of aliphatic hydroxyl groups excluding tert-OH is 2. The number of carbonyl (C=O) groups is 2. The molecule has 1 saturated heterocycles. The fraction of sp³-hybridized carbons (Fsp3) is 0.517. The predicted molar refractivity (Wildman–Crippen MR) is 299 cm³/mol. The van der Waals surface area contributed by atoms with E-state index in [0.717, 1.165) is 11.1 Å². The smallest absolute Gasteiger partial charge is 0.407 e. The maximum Gasteiger partial charge on any atom is 0.407 e. The molecule has 1 aliphatic heterocycles. The van der Waals surface area contributed by atoms with Crippen LogP contribution in [0.5, 0.6) is 11.5 Å². The number of ether oxygens (including phenoxy) is 5. The van der Waals surface area contributed by atoms with E-state index in [1.54, 1.807) is 45.0 Å². The number of methoxy groups -OCH3 is 2. The van der Waals surface area contributed by atoms with E-state index in [0.29, 0.717) is 44.0 Å². The van der Waals surface area contributed by atoms with Gasteiger partial charge in [-0.05, 0) is 117 Å².